The van der Waals surface area contributed by atoms with Crippen LogP contribution in [0.15, 0.2) is 18.2 Å². The van der Waals surface area contributed by atoms with E-state index in [1.54, 1.807) is 6.92 Å². The minimum absolute atomic E-state index is 0.206. The molecule has 0 radical (unpaired) electrons. The van der Waals surface area contributed by atoms with Crippen molar-refractivity contribution in [1.29, 1.82) is 0 Å². The lowest BCUT2D eigenvalue weighted by atomic mass is 10.1. The fourth-order valence-corrected chi connectivity index (χ4v) is 2.15. The van der Waals surface area contributed by atoms with Crippen molar-refractivity contribution in [3.8, 4) is 0 Å². The lowest BCUT2D eigenvalue weighted by molar-refractivity contribution is 0.163. The molecule has 2 unspecified atom stereocenters. The zero-order chi connectivity index (χ0) is 14.4. The van der Waals surface area contributed by atoms with Gasteiger partial charge in [0.25, 0.3) is 0 Å². The van der Waals surface area contributed by atoms with Crippen molar-refractivity contribution in [3.05, 3.63) is 29.3 Å². The summed E-state index contributed by atoms with van der Waals surface area (Å²) in [5.74, 6) is 0.255. The SMILES string of the molecule is Cc1cc(C)cc(NC(=O)NCC(C)CC(C)O)c1. The zero-order valence-corrected chi connectivity index (χ0v) is 12.2. The molecule has 3 N–H and O–H groups in total. The molecule has 0 aromatic heterocycles. The van der Waals surface area contributed by atoms with Gasteiger partial charge < -0.3 is 15.7 Å². The van der Waals surface area contributed by atoms with Gasteiger partial charge in [-0.3, -0.25) is 0 Å². The van der Waals surface area contributed by atoms with E-state index in [-0.39, 0.29) is 18.1 Å². The third kappa shape index (κ3) is 6.25. The highest BCUT2D eigenvalue weighted by atomic mass is 16.3. The van der Waals surface area contributed by atoms with Crippen LogP contribution in [0.1, 0.15) is 31.4 Å². The van der Waals surface area contributed by atoms with Gasteiger partial charge in [0, 0.05) is 12.2 Å². The van der Waals surface area contributed by atoms with E-state index in [1.807, 2.05) is 32.9 Å². The van der Waals surface area contributed by atoms with Gasteiger partial charge in [-0.15, -0.1) is 0 Å². The van der Waals surface area contributed by atoms with Crippen LogP contribution in [0, 0.1) is 19.8 Å². The summed E-state index contributed by atoms with van der Waals surface area (Å²) in [6, 6.07) is 5.73. The van der Waals surface area contributed by atoms with Crippen molar-refractivity contribution in [1.82, 2.24) is 5.32 Å². The highest BCUT2D eigenvalue weighted by Gasteiger charge is 2.08. The first-order chi connectivity index (χ1) is 8.86. The minimum Gasteiger partial charge on any atom is -0.393 e. The Morgan fingerprint density at radius 1 is 1.21 bits per heavy atom. The number of carbonyl (C=O) groups excluding carboxylic acids is 1. The van der Waals surface area contributed by atoms with E-state index in [0.29, 0.717) is 13.0 Å². The molecular weight excluding hydrogens is 240 g/mol. The lowest BCUT2D eigenvalue weighted by Gasteiger charge is -2.15. The number of anilines is 1. The maximum atomic E-state index is 11.7. The summed E-state index contributed by atoms with van der Waals surface area (Å²) >= 11 is 0. The largest absolute Gasteiger partial charge is 0.393 e. The topological polar surface area (TPSA) is 61.4 Å². The predicted octanol–water partition coefficient (Wildman–Crippen LogP) is 2.83. The number of hydrogen-bond acceptors (Lipinski definition) is 2. The first-order valence-corrected chi connectivity index (χ1v) is 6.68. The number of aliphatic hydroxyl groups is 1. The van der Waals surface area contributed by atoms with E-state index < -0.39 is 0 Å². The molecule has 0 fully saturated rings. The Morgan fingerprint density at radius 2 is 1.79 bits per heavy atom. The van der Waals surface area contributed by atoms with Crippen LogP contribution in [0.5, 0.6) is 0 Å². The van der Waals surface area contributed by atoms with Gasteiger partial charge in [-0.1, -0.05) is 13.0 Å². The molecule has 1 aromatic rings. The number of nitrogens with one attached hydrogen (secondary N) is 2. The molecule has 19 heavy (non-hydrogen) atoms. The van der Waals surface area contributed by atoms with E-state index in [4.69, 9.17) is 0 Å². The van der Waals surface area contributed by atoms with Gasteiger partial charge in [0.2, 0.25) is 0 Å². The number of rotatable bonds is 5. The Bertz CT molecular complexity index is 410. The quantitative estimate of drug-likeness (QED) is 0.766. The van der Waals surface area contributed by atoms with Crippen LogP contribution in [0.2, 0.25) is 0 Å². The molecule has 0 heterocycles. The number of aryl methyl sites for hydroxylation is 2. The number of aliphatic hydroxyl groups excluding tert-OH is 1. The second kappa shape index (κ2) is 7.14. The summed E-state index contributed by atoms with van der Waals surface area (Å²) in [5.41, 5.74) is 3.05. The first-order valence-electron chi connectivity index (χ1n) is 6.68. The molecule has 0 aliphatic rings. The Morgan fingerprint density at radius 3 is 2.32 bits per heavy atom. The van der Waals surface area contributed by atoms with Crippen LogP contribution in [0.25, 0.3) is 0 Å². The summed E-state index contributed by atoms with van der Waals surface area (Å²) in [6.07, 6.45) is 0.350. The molecule has 0 bridgehead atoms. The van der Waals surface area contributed by atoms with E-state index >= 15 is 0 Å². The molecule has 0 aliphatic heterocycles. The Labute approximate surface area is 115 Å². The molecule has 1 aromatic carbocycles. The maximum absolute atomic E-state index is 11.7. The molecule has 1 rings (SSSR count). The van der Waals surface area contributed by atoms with Crippen LogP contribution in [0.4, 0.5) is 10.5 Å². The predicted molar refractivity (Wildman–Crippen MR) is 78.4 cm³/mol. The van der Waals surface area contributed by atoms with E-state index in [9.17, 15) is 9.90 Å². The highest BCUT2D eigenvalue weighted by Crippen LogP contribution is 2.13. The van der Waals surface area contributed by atoms with Gasteiger partial charge >= 0.3 is 6.03 Å². The van der Waals surface area contributed by atoms with Gasteiger partial charge in [-0.05, 0) is 56.4 Å². The van der Waals surface area contributed by atoms with Crippen LogP contribution in [-0.2, 0) is 0 Å². The molecule has 2 atom stereocenters. The van der Waals surface area contributed by atoms with Gasteiger partial charge in [0.05, 0.1) is 6.10 Å². The van der Waals surface area contributed by atoms with E-state index in [0.717, 1.165) is 16.8 Å². The number of amides is 2. The van der Waals surface area contributed by atoms with Crippen molar-refractivity contribution in [2.24, 2.45) is 5.92 Å². The first kappa shape index (κ1) is 15.5. The molecular formula is C15H24N2O2. The summed E-state index contributed by atoms with van der Waals surface area (Å²) in [6.45, 7) is 8.32. The van der Waals surface area contributed by atoms with Crippen LogP contribution < -0.4 is 10.6 Å². The molecule has 0 spiro atoms. The Balaban J connectivity index is 2.42. The Kier molecular flexibility index (Phi) is 5.83. The fourth-order valence-electron chi connectivity index (χ4n) is 2.15. The molecule has 0 saturated heterocycles. The normalized spacial score (nSPS) is 13.7. The van der Waals surface area contributed by atoms with E-state index in [2.05, 4.69) is 16.7 Å². The highest BCUT2D eigenvalue weighted by molar-refractivity contribution is 5.89. The monoisotopic (exact) mass is 264 g/mol. The van der Waals surface area contributed by atoms with Gasteiger partial charge in [-0.25, -0.2) is 4.79 Å². The minimum atomic E-state index is -0.334. The number of urea groups is 1. The molecule has 2 amide bonds. The van der Waals surface area contributed by atoms with Crippen LogP contribution in [0.3, 0.4) is 0 Å². The van der Waals surface area contributed by atoms with Crippen LogP contribution in [-0.4, -0.2) is 23.8 Å². The van der Waals surface area contributed by atoms with Crippen molar-refractivity contribution in [3.63, 3.8) is 0 Å². The zero-order valence-electron chi connectivity index (χ0n) is 12.2. The number of carbonyl (C=O) groups is 1. The Hall–Kier alpha value is -1.55. The average molecular weight is 264 g/mol. The second-order valence-electron chi connectivity index (χ2n) is 5.40. The van der Waals surface area contributed by atoms with Gasteiger partial charge in [0.1, 0.15) is 0 Å². The van der Waals surface area contributed by atoms with Crippen LogP contribution >= 0.6 is 0 Å². The molecule has 4 heteroatoms. The number of hydrogen-bond donors (Lipinski definition) is 3. The fraction of sp³-hybridized carbons (Fsp3) is 0.533. The average Bonchev–Trinajstić information content (AvgIpc) is 2.23. The second-order valence-corrected chi connectivity index (χ2v) is 5.40. The number of benzene rings is 1. The molecule has 0 aliphatic carbocycles. The summed E-state index contributed by atoms with van der Waals surface area (Å²) in [5, 5.41) is 14.9. The van der Waals surface area contributed by atoms with E-state index in [1.165, 1.54) is 0 Å². The van der Waals surface area contributed by atoms with Crippen molar-refractivity contribution < 1.29 is 9.90 Å². The standard InChI is InChI=1S/C15H24N2O2/c1-10-5-11(2)8-14(7-10)17-15(19)16-9-12(3)6-13(4)18/h5,7-8,12-13,18H,6,9H2,1-4H3,(H2,16,17,19). The van der Waals surface area contributed by atoms with Gasteiger partial charge in [-0.2, -0.15) is 0 Å². The molecule has 0 saturated carbocycles. The maximum Gasteiger partial charge on any atom is 0.319 e. The van der Waals surface area contributed by atoms with Crippen molar-refractivity contribution >= 4 is 11.7 Å². The third-order valence-corrected chi connectivity index (χ3v) is 2.83. The van der Waals surface area contributed by atoms with Crippen molar-refractivity contribution in [2.45, 2.75) is 40.2 Å². The smallest absolute Gasteiger partial charge is 0.319 e. The van der Waals surface area contributed by atoms with Gasteiger partial charge in [0.15, 0.2) is 0 Å². The van der Waals surface area contributed by atoms with Crippen molar-refractivity contribution in [2.75, 3.05) is 11.9 Å². The lowest BCUT2D eigenvalue weighted by Crippen LogP contribution is -2.33. The molecule has 106 valence electrons. The summed E-state index contributed by atoms with van der Waals surface area (Å²) < 4.78 is 0. The molecule has 4 nitrogen and oxygen atoms in total. The summed E-state index contributed by atoms with van der Waals surface area (Å²) in [4.78, 5) is 11.7. The summed E-state index contributed by atoms with van der Waals surface area (Å²) in [7, 11) is 0. The third-order valence-electron chi connectivity index (χ3n) is 2.83.